The molecular formula is C20H22F4N2O4. The van der Waals surface area contributed by atoms with Crippen molar-refractivity contribution in [2.24, 2.45) is 5.41 Å². The van der Waals surface area contributed by atoms with Gasteiger partial charge >= 0.3 is 18.6 Å². The first kappa shape index (κ1) is 20.9. The van der Waals surface area contributed by atoms with Gasteiger partial charge < -0.3 is 14.8 Å². The molecule has 3 aliphatic rings. The number of hydrogen-bond acceptors (Lipinski definition) is 4. The van der Waals surface area contributed by atoms with Crippen LogP contribution in [0.15, 0.2) is 18.2 Å². The van der Waals surface area contributed by atoms with E-state index in [0.717, 1.165) is 4.90 Å². The topological polar surface area (TPSA) is 67.9 Å². The number of methoxy groups -OCH3 is 1. The van der Waals surface area contributed by atoms with E-state index < -0.39 is 41.2 Å². The van der Waals surface area contributed by atoms with Crippen LogP contribution in [0.1, 0.15) is 36.8 Å². The highest BCUT2D eigenvalue weighted by Gasteiger charge is 2.67. The zero-order valence-corrected chi connectivity index (χ0v) is 16.5. The average Bonchev–Trinajstić information content (AvgIpc) is 3.09. The average molecular weight is 430 g/mol. The van der Waals surface area contributed by atoms with Gasteiger partial charge in [0.15, 0.2) is 5.54 Å². The lowest BCUT2D eigenvalue weighted by Gasteiger charge is -2.46. The minimum Gasteiger partial charge on any atom is -0.428 e. The number of rotatable bonds is 4. The molecule has 1 aromatic rings. The summed E-state index contributed by atoms with van der Waals surface area (Å²) in [7, 11) is 2.97. The van der Waals surface area contributed by atoms with Crippen LogP contribution >= 0.6 is 0 Å². The van der Waals surface area contributed by atoms with Gasteiger partial charge in [0.25, 0.3) is 5.91 Å². The van der Waals surface area contributed by atoms with E-state index in [9.17, 15) is 27.2 Å². The zero-order valence-electron chi connectivity index (χ0n) is 16.5. The number of hydrogen-bond donors (Lipinski definition) is 1. The van der Waals surface area contributed by atoms with Crippen molar-refractivity contribution in [1.82, 2.24) is 10.2 Å². The quantitative estimate of drug-likeness (QED) is 0.587. The number of fused-ring (bicyclic) bond motifs is 3. The number of amides is 3. The second kappa shape index (κ2) is 6.83. The molecule has 1 atom stereocenters. The monoisotopic (exact) mass is 430 g/mol. The number of halogens is 4. The fourth-order valence-electron chi connectivity index (χ4n) is 5.22. The molecule has 0 aromatic heterocycles. The molecule has 4 rings (SSSR count). The summed E-state index contributed by atoms with van der Waals surface area (Å²) < 4.78 is 61.8. The molecule has 1 saturated carbocycles. The summed E-state index contributed by atoms with van der Waals surface area (Å²) >= 11 is 0. The van der Waals surface area contributed by atoms with E-state index in [1.807, 2.05) is 0 Å². The van der Waals surface area contributed by atoms with Crippen LogP contribution in [-0.4, -0.2) is 49.6 Å². The lowest BCUT2D eigenvalue weighted by molar-refractivity contribution is -0.253. The second-order valence-corrected chi connectivity index (χ2v) is 8.22. The maximum absolute atomic E-state index is 13.5. The van der Waals surface area contributed by atoms with E-state index in [1.54, 1.807) is 7.11 Å². The van der Waals surface area contributed by atoms with Crippen LogP contribution in [-0.2, 0) is 21.5 Å². The van der Waals surface area contributed by atoms with Gasteiger partial charge in [-0.05, 0) is 55.4 Å². The summed E-state index contributed by atoms with van der Waals surface area (Å²) in [5.41, 5.74) is -1.09. The van der Waals surface area contributed by atoms with Crippen LogP contribution < -0.4 is 10.1 Å². The molecule has 164 valence electrons. The predicted molar refractivity (Wildman–Crippen MR) is 96.4 cm³/mol. The maximum atomic E-state index is 13.5. The van der Waals surface area contributed by atoms with Crippen molar-refractivity contribution in [3.8, 4) is 5.75 Å². The highest BCUT2D eigenvalue weighted by Crippen LogP contribution is 2.60. The van der Waals surface area contributed by atoms with Crippen LogP contribution in [0.4, 0.5) is 22.4 Å². The first-order valence-electron chi connectivity index (χ1n) is 9.68. The standard InChI is InChI=1S/C20H22F4N2O4/c1-26-16(27)19(25-17(26)28)14-9-13(30-20(23,24)15(21)22)4-3-11(14)10-18(19)7-5-12(29-2)6-8-18/h3-4,9,12,15H,5-8,10H2,1-2H3,(H,25,28). The molecule has 1 unspecified atom stereocenters. The number of nitrogens with one attached hydrogen (secondary N) is 1. The van der Waals surface area contributed by atoms with Crippen molar-refractivity contribution >= 4 is 11.9 Å². The molecule has 0 radical (unpaired) electrons. The van der Waals surface area contributed by atoms with Gasteiger partial charge in [0.2, 0.25) is 0 Å². The molecule has 0 bridgehead atoms. The maximum Gasteiger partial charge on any atom is 0.461 e. The molecule has 1 saturated heterocycles. The Morgan fingerprint density at radius 3 is 2.43 bits per heavy atom. The number of benzene rings is 1. The molecule has 2 aliphatic carbocycles. The van der Waals surface area contributed by atoms with Crippen LogP contribution in [0.25, 0.3) is 0 Å². The van der Waals surface area contributed by atoms with E-state index in [4.69, 9.17) is 4.74 Å². The summed E-state index contributed by atoms with van der Waals surface area (Å²) in [6.45, 7) is 0. The number of ether oxygens (including phenoxy) is 2. The number of nitrogens with zero attached hydrogens (tertiary/aromatic N) is 1. The van der Waals surface area contributed by atoms with Crippen molar-refractivity contribution in [3.05, 3.63) is 29.3 Å². The Balaban J connectivity index is 1.80. The predicted octanol–water partition coefficient (Wildman–Crippen LogP) is 3.43. The SMILES string of the molecule is COC1CCC2(CC1)Cc1ccc(OC(F)(F)C(F)F)cc1C21NC(=O)N(C)C1=O. The van der Waals surface area contributed by atoms with Gasteiger partial charge in [-0.2, -0.15) is 17.6 Å². The largest absolute Gasteiger partial charge is 0.461 e. The summed E-state index contributed by atoms with van der Waals surface area (Å²) in [6, 6.07) is 3.28. The van der Waals surface area contributed by atoms with E-state index in [2.05, 4.69) is 10.1 Å². The van der Waals surface area contributed by atoms with E-state index in [-0.39, 0.29) is 6.10 Å². The van der Waals surface area contributed by atoms with Crippen molar-refractivity contribution in [3.63, 3.8) is 0 Å². The first-order valence-corrected chi connectivity index (χ1v) is 9.68. The van der Waals surface area contributed by atoms with Crippen molar-refractivity contribution < 1.29 is 36.6 Å². The third kappa shape index (κ3) is 2.79. The molecule has 3 amide bonds. The fourth-order valence-corrected chi connectivity index (χ4v) is 5.22. The number of urea groups is 1. The fraction of sp³-hybridized carbons (Fsp3) is 0.600. The van der Waals surface area contributed by atoms with Gasteiger partial charge in [-0.1, -0.05) is 6.07 Å². The number of carbonyl (C=O) groups is 2. The summed E-state index contributed by atoms with van der Waals surface area (Å²) in [6.07, 6.45) is -5.71. The third-order valence-corrected chi connectivity index (χ3v) is 6.77. The minimum atomic E-state index is -4.67. The molecule has 2 spiro atoms. The van der Waals surface area contributed by atoms with Gasteiger partial charge in [-0.25, -0.2) is 4.79 Å². The third-order valence-electron chi connectivity index (χ3n) is 6.77. The molecule has 30 heavy (non-hydrogen) atoms. The minimum absolute atomic E-state index is 0.0324. The van der Waals surface area contributed by atoms with Gasteiger partial charge in [0, 0.05) is 19.6 Å². The van der Waals surface area contributed by atoms with Crippen LogP contribution in [0, 0.1) is 5.41 Å². The molecule has 2 fully saturated rings. The second-order valence-electron chi connectivity index (χ2n) is 8.22. The van der Waals surface area contributed by atoms with E-state index >= 15 is 0 Å². The highest BCUT2D eigenvalue weighted by atomic mass is 19.3. The van der Waals surface area contributed by atoms with Gasteiger partial charge in [0.1, 0.15) is 5.75 Å². The summed E-state index contributed by atoms with van der Waals surface area (Å²) in [5.74, 6) is -0.974. The Morgan fingerprint density at radius 1 is 1.23 bits per heavy atom. The number of carbonyl (C=O) groups excluding carboxylic acids is 2. The van der Waals surface area contributed by atoms with Crippen LogP contribution in [0.2, 0.25) is 0 Å². The molecule has 1 heterocycles. The Kier molecular flexibility index (Phi) is 4.76. The Bertz CT molecular complexity index is 886. The molecule has 1 aromatic carbocycles. The number of imide groups is 1. The molecule has 6 nitrogen and oxygen atoms in total. The van der Waals surface area contributed by atoms with Crippen molar-refractivity contribution in [2.75, 3.05) is 14.2 Å². The van der Waals surface area contributed by atoms with Crippen LogP contribution in [0.3, 0.4) is 0 Å². The lowest BCUT2D eigenvalue weighted by Crippen LogP contribution is -2.56. The Hall–Kier alpha value is -2.36. The highest BCUT2D eigenvalue weighted by molar-refractivity contribution is 6.08. The van der Waals surface area contributed by atoms with E-state index in [1.165, 1.54) is 25.2 Å². The molecule has 10 heteroatoms. The Labute approximate surface area is 170 Å². The Morgan fingerprint density at radius 2 is 1.90 bits per heavy atom. The van der Waals surface area contributed by atoms with Gasteiger partial charge in [-0.3, -0.25) is 9.69 Å². The van der Waals surface area contributed by atoms with Gasteiger partial charge in [-0.15, -0.1) is 0 Å². The zero-order chi connectivity index (χ0) is 21.9. The lowest BCUT2D eigenvalue weighted by atomic mass is 9.61. The number of likely N-dealkylation sites (N-methyl/N-ethyl adjacent to an activating group) is 1. The normalized spacial score (nSPS) is 31.0. The van der Waals surface area contributed by atoms with Crippen molar-refractivity contribution in [2.45, 2.75) is 56.3 Å². The molecule has 1 aliphatic heterocycles. The van der Waals surface area contributed by atoms with Gasteiger partial charge in [0.05, 0.1) is 6.10 Å². The smallest absolute Gasteiger partial charge is 0.428 e. The summed E-state index contributed by atoms with van der Waals surface area (Å²) in [4.78, 5) is 26.7. The van der Waals surface area contributed by atoms with Crippen LogP contribution in [0.5, 0.6) is 5.75 Å². The van der Waals surface area contributed by atoms with Crippen molar-refractivity contribution in [1.29, 1.82) is 0 Å². The van der Waals surface area contributed by atoms with E-state index in [0.29, 0.717) is 43.2 Å². The molecular weight excluding hydrogens is 408 g/mol. The first-order chi connectivity index (χ1) is 14.1. The molecule has 1 N–H and O–H groups in total. The summed E-state index contributed by atoms with van der Waals surface area (Å²) in [5, 5.41) is 2.80. The number of alkyl halides is 4.